The normalized spacial score (nSPS) is 10.5. The molecule has 2 aromatic rings. The van der Waals surface area contributed by atoms with Crippen molar-refractivity contribution < 1.29 is 9.21 Å². The number of thioether (sulfide) groups is 1. The fraction of sp³-hybridized carbons (Fsp3) is 0.214. The maximum absolute atomic E-state index is 12.0. The van der Waals surface area contributed by atoms with Gasteiger partial charge in [-0.05, 0) is 54.1 Å². The minimum absolute atomic E-state index is 0.154. The summed E-state index contributed by atoms with van der Waals surface area (Å²) in [4.78, 5) is 13.0. The lowest BCUT2D eigenvalue weighted by Gasteiger charge is -2.09. The Hall–Kier alpha value is -1.59. The molecular weight excluding hydrogens is 296 g/mol. The van der Waals surface area contributed by atoms with E-state index >= 15 is 0 Å². The molecule has 0 atom stereocenters. The summed E-state index contributed by atoms with van der Waals surface area (Å²) in [6.45, 7) is 2.12. The highest BCUT2D eigenvalue weighted by Crippen LogP contribution is 2.27. The average molecular weight is 311 g/mol. The molecule has 4 nitrogen and oxygen atoms in total. The van der Waals surface area contributed by atoms with Gasteiger partial charge in [0, 0.05) is 4.90 Å². The number of rotatable bonds is 5. The first kappa shape index (κ1) is 14.8. The lowest BCUT2D eigenvalue weighted by Crippen LogP contribution is -2.12. The minimum atomic E-state index is -0.374. The first-order valence-electron chi connectivity index (χ1n) is 6.19. The first-order chi connectivity index (χ1) is 9.60. The van der Waals surface area contributed by atoms with Crippen LogP contribution in [0.25, 0.3) is 0 Å². The van der Waals surface area contributed by atoms with Gasteiger partial charge in [0.15, 0.2) is 11.0 Å². The molecule has 0 aliphatic heterocycles. The minimum Gasteiger partial charge on any atom is -0.440 e. The molecule has 0 spiro atoms. The lowest BCUT2D eigenvalue weighted by molar-refractivity contribution is 0.0997. The van der Waals surface area contributed by atoms with Crippen molar-refractivity contribution in [3.8, 4) is 0 Å². The van der Waals surface area contributed by atoms with Crippen LogP contribution in [0.2, 0.25) is 5.22 Å². The molecule has 1 aromatic heterocycles. The highest BCUT2D eigenvalue weighted by molar-refractivity contribution is 7.99. The van der Waals surface area contributed by atoms with E-state index in [9.17, 15) is 4.79 Å². The Morgan fingerprint density at radius 3 is 2.85 bits per heavy atom. The van der Waals surface area contributed by atoms with Gasteiger partial charge in [-0.3, -0.25) is 4.79 Å². The van der Waals surface area contributed by atoms with E-state index in [2.05, 4.69) is 12.2 Å². The molecule has 20 heavy (non-hydrogen) atoms. The molecule has 0 saturated carbocycles. The summed E-state index contributed by atoms with van der Waals surface area (Å²) in [5.74, 6) is 0.799. The maximum atomic E-state index is 12.0. The number of halogens is 1. The maximum Gasteiger partial charge on any atom is 0.291 e. The average Bonchev–Trinajstić information content (AvgIpc) is 2.86. The zero-order valence-corrected chi connectivity index (χ0v) is 12.6. The number of anilines is 2. The van der Waals surface area contributed by atoms with Gasteiger partial charge in [-0.25, -0.2) is 0 Å². The molecular formula is C14H15ClN2O2S. The van der Waals surface area contributed by atoms with Crippen LogP contribution in [-0.2, 0) is 0 Å². The lowest BCUT2D eigenvalue weighted by atomic mass is 10.2. The third-order valence-electron chi connectivity index (χ3n) is 2.54. The van der Waals surface area contributed by atoms with Crippen molar-refractivity contribution in [1.29, 1.82) is 0 Å². The van der Waals surface area contributed by atoms with E-state index in [0.29, 0.717) is 11.4 Å². The Kier molecular flexibility index (Phi) is 4.98. The Labute approximate surface area is 126 Å². The van der Waals surface area contributed by atoms with Gasteiger partial charge in [0.25, 0.3) is 5.91 Å². The highest BCUT2D eigenvalue weighted by Gasteiger charge is 2.12. The summed E-state index contributed by atoms with van der Waals surface area (Å²) in [7, 11) is 0. The summed E-state index contributed by atoms with van der Waals surface area (Å²) < 4.78 is 5.06. The molecule has 0 bridgehead atoms. The fourth-order valence-electron chi connectivity index (χ4n) is 1.57. The third-order valence-corrected chi connectivity index (χ3v) is 3.95. The van der Waals surface area contributed by atoms with Crippen LogP contribution in [0.3, 0.4) is 0 Å². The third kappa shape index (κ3) is 3.71. The van der Waals surface area contributed by atoms with E-state index in [1.165, 1.54) is 12.1 Å². The van der Waals surface area contributed by atoms with Crippen LogP contribution < -0.4 is 11.1 Å². The van der Waals surface area contributed by atoms with Crippen molar-refractivity contribution in [2.45, 2.75) is 18.2 Å². The molecule has 6 heteroatoms. The van der Waals surface area contributed by atoms with Crippen molar-refractivity contribution >= 4 is 40.6 Å². The predicted molar refractivity (Wildman–Crippen MR) is 83.5 cm³/mol. The molecule has 0 unspecified atom stereocenters. The Morgan fingerprint density at radius 2 is 2.20 bits per heavy atom. The molecule has 1 amide bonds. The number of nitrogens with two attached hydrogens (primary N) is 1. The van der Waals surface area contributed by atoms with E-state index in [-0.39, 0.29) is 16.9 Å². The monoisotopic (exact) mass is 310 g/mol. The Bertz CT molecular complexity index is 613. The van der Waals surface area contributed by atoms with Crippen LogP contribution in [0.4, 0.5) is 11.4 Å². The largest absolute Gasteiger partial charge is 0.440 e. The summed E-state index contributed by atoms with van der Waals surface area (Å²) in [5.41, 5.74) is 6.95. The summed E-state index contributed by atoms with van der Waals surface area (Å²) in [6.07, 6.45) is 1.08. The van der Waals surface area contributed by atoms with Gasteiger partial charge >= 0.3 is 0 Å². The predicted octanol–water partition coefficient (Wildman–Crippen LogP) is 4.27. The number of carbonyl (C=O) groups is 1. The zero-order chi connectivity index (χ0) is 14.5. The smallest absolute Gasteiger partial charge is 0.291 e. The van der Waals surface area contributed by atoms with Gasteiger partial charge in [0.1, 0.15) is 0 Å². The molecule has 3 N–H and O–H groups in total. The van der Waals surface area contributed by atoms with E-state index in [1.807, 2.05) is 12.1 Å². The van der Waals surface area contributed by atoms with Crippen LogP contribution in [0.15, 0.2) is 39.6 Å². The molecule has 0 saturated heterocycles. The Morgan fingerprint density at radius 1 is 1.40 bits per heavy atom. The van der Waals surface area contributed by atoms with Crippen molar-refractivity contribution in [2.75, 3.05) is 16.8 Å². The van der Waals surface area contributed by atoms with Crippen molar-refractivity contribution in [3.63, 3.8) is 0 Å². The van der Waals surface area contributed by atoms with Crippen molar-refractivity contribution in [2.24, 2.45) is 0 Å². The van der Waals surface area contributed by atoms with Gasteiger partial charge < -0.3 is 15.5 Å². The molecule has 2 rings (SSSR count). The second-order valence-electron chi connectivity index (χ2n) is 4.16. The summed E-state index contributed by atoms with van der Waals surface area (Å²) >= 11 is 7.37. The molecule has 1 aromatic carbocycles. The highest BCUT2D eigenvalue weighted by atomic mass is 35.5. The molecule has 0 aliphatic carbocycles. The van der Waals surface area contributed by atoms with Crippen molar-refractivity contribution in [1.82, 2.24) is 0 Å². The van der Waals surface area contributed by atoms with Gasteiger partial charge in [-0.2, -0.15) is 0 Å². The molecule has 0 radical (unpaired) electrons. The quantitative estimate of drug-likeness (QED) is 0.639. The number of nitrogens with one attached hydrogen (secondary N) is 1. The number of benzene rings is 1. The molecule has 0 aliphatic rings. The van der Waals surface area contributed by atoms with Gasteiger partial charge in [0.2, 0.25) is 0 Å². The van der Waals surface area contributed by atoms with Gasteiger partial charge in [0.05, 0.1) is 11.4 Å². The standard InChI is InChI=1S/C14H15ClN2O2S/c1-2-7-20-9-3-4-10(16)11(8-9)17-14(18)12-5-6-13(15)19-12/h3-6,8H,2,7,16H2,1H3,(H,17,18). The second kappa shape index (κ2) is 6.72. The fourth-order valence-corrected chi connectivity index (χ4v) is 2.52. The second-order valence-corrected chi connectivity index (χ2v) is 5.70. The van der Waals surface area contributed by atoms with E-state index in [4.69, 9.17) is 21.8 Å². The first-order valence-corrected chi connectivity index (χ1v) is 7.55. The van der Waals surface area contributed by atoms with Crippen LogP contribution in [0, 0.1) is 0 Å². The molecule has 0 fully saturated rings. The van der Waals surface area contributed by atoms with Crippen LogP contribution >= 0.6 is 23.4 Å². The van der Waals surface area contributed by atoms with Gasteiger partial charge in [-0.1, -0.05) is 6.92 Å². The summed E-state index contributed by atoms with van der Waals surface area (Å²) in [6, 6.07) is 8.62. The molecule has 106 valence electrons. The topological polar surface area (TPSA) is 68.3 Å². The summed E-state index contributed by atoms with van der Waals surface area (Å²) in [5, 5.41) is 2.90. The Balaban J connectivity index is 2.13. The van der Waals surface area contributed by atoms with E-state index in [1.54, 1.807) is 17.8 Å². The number of carbonyl (C=O) groups excluding carboxylic acids is 1. The number of amides is 1. The number of furan rings is 1. The van der Waals surface area contributed by atoms with Gasteiger partial charge in [-0.15, -0.1) is 11.8 Å². The number of hydrogen-bond donors (Lipinski definition) is 2. The number of nitrogen functional groups attached to an aromatic ring is 1. The van der Waals surface area contributed by atoms with Crippen LogP contribution in [0.1, 0.15) is 23.9 Å². The van der Waals surface area contributed by atoms with E-state index in [0.717, 1.165) is 17.1 Å². The van der Waals surface area contributed by atoms with Crippen molar-refractivity contribution in [3.05, 3.63) is 41.3 Å². The molecule has 1 heterocycles. The number of hydrogen-bond acceptors (Lipinski definition) is 4. The zero-order valence-electron chi connectivity index (χ0n) is 11.0. The van der Waals surface area contributed by atoms with Crippen LogP contribution in [0.5, 0.6) is 0 Å². The van der Waals surface area contributed by atoms with Crippen LogP contribution in [-0.4, -0.2) is 11.7 Å². The SMILES string of the molecule is CCCSc1ccc(N)c(NC(=O)c2ccc(Cl)o2)c1. The van der Waals surface area contributed by atoms with E-state index < -0.39 is 0 Å².